The van der Waals surface area contributed by atoms with Crippen LogP contribution in [0, 0.1) is 0 Å². The summed E-state index contributed by atoms with van der Waals surface area (Å²) in [6.45, 7) is 0. The van der Waals surface area contributed by atoms with Crippen LogP contribution in [0.4, 0.5) is 0 Å². The van der Waals surface area contributed by atoms with E-state index in [4.69, 9.17) is 22.5 Å². The second kappa shape index (κ2) is 4.41. The normalized spacial score (nSPS) is 14.1. The van der Waals surface area contributed by atoms with Crippen LogP contribution in [0.15, 0.2) is 60.7 Å². The van der Waals surface area contributed by atoms with Gasteiger partial charge < -0.3 is 0 Å². The summed E-state index contributed by atoms with van der Waals surface area (Å²) < 4.78 is -3.14. The summed E-state index contributed by atoms with van der Waals surface area (Å²) in [5, 5.41) is 1.87. The Balaban J connectivity index is 2.60. The second-order valence-corrected chi connectivity index (χ2v) is 17.0. The fourth-order valence-corrected chi connectivity index (χ4v) is 5.80. The molecule has 0 atom stereocenters. The van der Waals surface area contributed by atoms with Crippen molar-refractivity contribution in [3.63, 3.8) is 0 Å². The summed E-state index contributed by atoms with van der Waals surface area (Å²) >= 11 is 16.6. The molecule has 0 N–H and O–H groups in total. The Morgan fingerprint density at radius 1 is 0.688 bits per heavy atom. The molecule has 0 aliphatic heterocycles. The van der Waals surface area contributed by atoms with E-state index in [-0.39, 0.29) is 0 Å². The van der Waals surface area contributed by atoms with E-state index < -0.39 is 3.50 Å². The van der Waals surface area contributed by atoms with Crippen LogP contribution in [0.5, 0.6) is 0 Å². The number of benzene rings is 2. The minimum atomic E-state index is -3.14. The van der Waals surface area contributed by atoms with Gasteiger partial charge in [0, 0.05) is 0 Å². The van der Waals surface area contributed by atoms with E-state index in [9.17, 15) is 0 Å². The Morgan fingerprint density at radius 2 is 1.00 bits per heavy atom. The number of halogens is 2. The van der Waals surface area contributed by atoms with Gasteiger partial charge in [-0.2, -0.15) is 0 Å². The van der Waals surface area contributed by atoms with Gasteiger partial charge in [-0.3, -0.25) is 0 Å². The van der Waals surface area contributed by atoms with E-state index in [1.165, 1.54) is 0 Å². The van der Waals surface area contributed by atoms with Gasteiger partial charge in [0.15, 0.2) is 0 Å². The summed E-state index contributed by atoms with van der Waals surface area (Å²) in [6, 6.07) is 19.5. The summed E-state index contributed by atoms with van der Waals surface area (Å²) in [4.78, 5) is 0. The molecule has 0 nitrogen and oxygen atoms in total. The van der Waals surface area contributed by atoms with Gasteiger partial charge in [-0.15, -0.1) is 0 Å². The summed E-state index contributed by atoms with van der Waals surface area (Å²) in [7, 11) is 0. The average molecular weight is 363 g/mol. The first-order valence-electron chi connectivity index (χ1n) is 4.75. The molecule has 2 aromatic rings. The summed E-state index contributed by atoms with van der Waals surface area (Å²) in [5.74, 6) is 0. The molecule has 0 aliphatic carbocycles. The van der Waals surface area contributed by atoms with E-state index >= 15 is 0 Å². The third-order valence-electron chi connectivity index (χ3n) is 2.32. The van der Waals surface area contributed by atoms with Crippen molar-refractivity contribution >= 4 is 36.6 Å². The molecule has 87 valence electrons. The van der Waals surface area contributed by atoms with E-state index in [2.05, 4.69) is 18.7 Å². The SMILES string of the molecule is Cl[P](Cl)([Pd])(c1ccccc1)c1ccccc1. The third kappa shape index (κ3) is 2.35. The van der Waals surface area contributed by atoms with E-state index in [1.54, 1.807) is 0 Å². The third-order valence-corrected chi connectivity index (χ3v) is 9.29. The number of hydrogen-bond acceptors (Lipinski definition) is 0. The Bertz CT molecular complexity index is 433. The van der Waals surface area contributed by atoms with Crippen molar-refractivity contribution < 1.29 is 18.7 Å². The van der Waals surface area contributed by atoms with Crippen LogP contribution < -0.4 is 10.6 Å². The molecule has 0 saturated heterocycles. The molecule has 2 rings (SSSR count). The predicted octanol–water partition coefficient (Wildman–Crippen LogP) is 3.96. The van der Waals surface area contributed by atoms with Gasteiger partial charge >= 0.3 is 116 Å². The minimum absolute atomic E-state index is 0.936. The Kier molecular flexibility index (Phi) is 3.47. The molecule has 0 amide bonds. The van der Waals surface area contributed by atoms with Crippen LogP contribution >= 0.6 is 26.0 Å². The van der Waals surface area contributed by atoms with Crippen molar-refractivity contribution in [3.8, 4) is 0 Å². The molecule has 0 aromatic heterocycles. The van der Waals surface area contributed by atoms with Crippen molar-refractivity contribution in [2.45, 2.75) is 0 Å². The second-order valence-electron chi connectivity index (χ2n) is 3.43. The summed E-state index contributed by atoms with van der Waals surface area (Å²) in [6.07, 6.45) is 0. The standard InChI is InChI=1S/C12H10Cl2P.Pd/c13-15(14,11-7-3-1-4-8-11)12-9-5-2-6-10-12;/h1-10H;/q+1;-1. The molecular weight excluding hydrogens is 352 g/mol. The molecule has 0 fully saturated rings. The van der Waals surface area contributed by atoms with Crippen LogP contribution in [0.2, 0.25) is 0 Å². The van der Waals surface area contributed by atoms with Gasteiger partial charge in [-0.25, -0.2) is 0 Å². The molecule has 0 unspecified atom stereocenters. The van der Waals surface area contributed by atoms with Crippen LogP contribution in [-0.2, 0) is 18.7 Å². The molecule has 0 spiro atoms. The van der Waals surface area contributed by atoms with Gasteiger partial charge in [-0.1, -0.05) is 0 Å². The van der Waals surface area contributed by atoms with Crippen molar-refractivity contribution in [2.75, 3.05) is 0 Å². The first-order valence-corrected chi connectivity index (χ1v) is 10.7. The topological polar surface area (TPSA) is 0 Å². The maximum atomic E-state index is 6.67. The molecule has 0 bridgehead atoms. The monoisotopic (exact) mass is 361 g/mol. The van der Waals surface area contributed by atoms with Crippen molar-refractivity contribution in [1.82, 2.24) is 0 Å². The molecular formula is C12H10Cl2PPd. The van der Waals surface area contributed by atoms with Crippen LogP contribution in [0.25, 0.3) is 0 Å². The molecule has 0 heterocycles. The number of rotatable bonds is 2. The maximum absolute atomic E-state index is 6.67. The molecule has 2 aromatic carbocycles. The fraction of sp³-hybridized carbons (Fsp3) is 0. The van der Waals surface area contributed by atoms with Crippen molar-refractivity contribution in [3.05, 3.63) is 60.7 Å². The number of hydrogen-bond donors (Lipinski definition) is 0. The van der Waals surface area contributed by atoms with E-state index in [0.717, 1.165) is 10.6 Å². The first-order chi connectivity index (χ1) is 7.49. The molecule has 0 saturated carbocycles. The average Bonchev–Trinajstić information content (AvgIpc) is 2.31. The zero-order valence-electron chi connectivity index (χ0n) is 8.29. The van der Waals surface area contributed by atoms with Gasteiger partial charge in [-0.05, 0) is 0 Å². The molecule has 0 radical (unpaired) electrons. The zero-order valence-corrected chi connectivity index (χ0v) is 12.3. The first kappa shape index (κ1) is 12.6. The van der Waals surface area contributed by atoms with Crippen LogP contribution in [0.1, 0.15) is 0 Å². The van der Waals surface area contributed by atoms with Gasteiger partial charge in [0.1, 0.15) is 0 Å². The van der Waals surface area contributed by atoms with Crippen molar-refractivity contribution in [2.24, 2.45) is 0 Å². The fourth-order valence-electron chi connectivity index (χ4n) is 1.47. The van der Waals surface area contributed by atoms with Gasteiger partial charge in [0.2, 0.25) is 0 Å². The van der Waals surface area contributed by atoms with Crippen molar-refractivity contribution in [1.29, 1.82) is 0 Å². The Hall–Kier alpha value is 0.112. The van der Waals surface area contributed by atoms with Gasteiger partial charge in [0.25, 0.3) is 0 Å². The van der Waals surface area contributed by atoms with Crippen LogP contribution in [-0.4, -0.2) is 0 Å². The quantitative estimate of drug-likeness (QED) is 0.560. The van der Waals surface area contributed by atoms with E-state index in [0.29, 0.717) is 0 Å². The zero-order chi connectivity index (χ0) is 11.7. The Labute approximate surface area is 115 Å². The van der Waals surface area contributed by atoms with Crippen LogP contribution in [0.3, 0.4) is 0 Å². The molecule has 16 heavy (non-hydrogen) atoms. The summed E-state index contributed by atoms with van der Waals surface area (Å²) in [5.41, 5.74) is 0. The molecule has 0 aliphatic rings. The predicted molar refractivity (Wildman–Crippen MR) is 70.8 cm³/mol. The van der Waals surface area contributed by atoms with E-state index in [1.807, 2.05) is 60.7 Å². The Morgan fingerprint density at radius 3 is 1.31 bits per heavy atom. The van der Waals surface area contributed by atoms with Gasteiger partial charge in [0.05, 0.1) is 0 Å². The molecule has 4 heteroatoms.